The van der Waals surface area contributed by atoms with Gasteiger partial charge in [-0.1, -0.05) is 76.4 Å². The Morgan fingerprint density at radius 1 is 1.16 bits per heavy atom. The van der Waals surface area contributed by atoms with Crippen molar-refractivity contribution in [1.82, 2.24) is 9.55 Å². The minimum absolute atomic E-state index is 0.113. The van der Waals surface area contributed by atoms with Crippen molar-refractivity contribution in [1.29, 1.82) is 0 Å². The molecule has 3 aromatic rings. The summed E-state index contributed by atoms with van der Waals surface area (Å²) >= 11 is 3.50. The van der Waals surface area contributed by atoms with Gasteiger partial charge in [0.1, 0.15) is 4.83 Å². The van der Waals surface area contributed by atoms with Gasteiger partial charge in [-0.05, 0) is 61.6 Å². The SMILES string of the molecule is CCCCCCSc1nc2sc3c(c2c(=O)n1-c1ccc(C)cc1)CC[C@H](C(C)(C)C)C3. The van der Waals surface area contributed by atoms with E-state index in [4.69, 9.17) is 4.98 Å². The molecule has 4 rings (SSSR count). The number of aromatic nitrogens is 2. The Balaban J connectivity index is 1.78. The number of benzene rings is 1. The minimum atomic E-state index is 0.113. The Hall–Kier alpha value is -1.59. The molecular weight excluding hydrogens is 432 g/mol. The van der Waals surface area contributed by atoms with E-state index in [0.29, 0.717) is 11.3 Å². The largest absolute Gasteiger partial charge is 0.268 e. The summed E-state index contributed by atoms with van der Waals surface area (Å²) in [7, 11) is 0. The summed E-state index contributed by atoms with van der Waals surface area (Å²) in [6.45, 7) is 11.3. The summed E-state index contributed by atoms with van der Waals surface area (Å²) in [4.78, 5) is 21.3. The number of hydrogen-bond donors (Lipinski definition) is 0. The van der Waals surface area contributed by atoms with Crippen molar-refractivity contribution in [3.05, 3.63) is 50.6 Å². The maximum atomic E-state index is 13.9. The van der Waals surface area contributed by atoms with Crippen LogP contribution in [0.2, 0.25) is 0 Å². The van der Waals surface area contributed by atoms with Crippen molar-refractivity contribution in [2.75, 3.05) is 5.75 Å². The van der Waals surface area contributed by atoms with Crippen LogP contribution in [0.1, 0.15) is 75.8 Å². The van der Waals surface area contributed by atoms with Crippen molar-refractivity contribution in [3.8, 4) is 5.69 Å². The van der Waals surface area contributed by atoms with Gasteiger partial charge < -0.3 is 0 Å². The van der Waals surface area contributed by atoms with Crippen LogP contribution in [0.3, 0.4) is 0 Å². The van der Waals surface area contributed by atoms with E-state index in [2.05, 4.69) is 58.9 Å². The van der Waals surface area contributed by atoms with Crippen molar-refractivity contribution in [3.63, 3.8) is 0 Å². The molecule has 2 heterocycles. The summed E-state index contributed by atoms with van der Waals surface area (Å²) in [5, 5.41) is 1.71. The Bertz CT molecular complexity index is 1140. The predicted molar refractivity (Wildman–Crippen MR) is 140 cm³/mol. The summed E-state index contributed by atoms with van der Waals surface area (Å²) in [5.74, 6) is 1.66. The van der Waals surface area contributed by atoms with Crippen molar-refractivity contribution >= 4 is 33.3 Å². The van der Waals surface area contributed by atoms with Crippen LogP contribution < -0.4 is 5.56 Å². The zero-order valence-electron chi connectivity index (χ0n) is 20.2. The predicted octanol–water partition coefficient (Wildman–Crippen LogP) is 7.58. The van der Waals surface area contributed by atoms with Gasteiger partial charge in [0, 0.05) is 10.6 Å². The highest BCUT2D eigenvalue weighted by Crippen LogP contribution is 2.42. The van der Waals surface area contributed by atoms with Crippen LogP contribution >= 0.6 is 23.1 Å². The first kappa shape index (κ1) is 23.6. The second-order valence-corrected chi connectivity index (χ2v) is 12.4. The molecular formula is C27H36N2OS2. The number of thioether (sulfide) groups is 1. The Morgan fingerprint density at radius 2 is 1.91 bits per heavy atom. The van der Waals surface area contributed by atoms with E-state index in [9.17, 15) is 4.79 Å². The van der Waals surface area contributed by atoms with E-state index in [1.165, 1.54) is 35.3 Å². The molecule has 0 saturated carbocycles. The number of unbranched alkanes of at least 4 members (excludes halogenated alkanes) is 3. The van der Waals surface area contributed by atoms with Crippen LogP contribution in [0, 0.1) is 18.3 Å². The van der Waals surface area contributed by atoms with E-state index < -0.39 is 0 Å². The highest BCUT2D eigenvalue weighted by atomic mass is 32.2. The second kappa shape index (κ2) is 9.72. The molecule has 0 aliphatic heterocycles. The average molecular weight is 469 g/mol. The molecule has 1 aliphatic carbocycles. The number of hydrogen-bond acceptors (Lipinski definition) is 4. The molecule has 2 aromatic heterocycles. The highest BCUT2D eigenvalue weighted by molar-refractivity contribution is 7.99. The number of aryl methyl sites for hydroxylation is 2. The first-order valence-electron chi connectivity index (χ1n) is 12.1. The molecule has 0 radical (unpaired) electrons. The lowest BCUT2D eigenvalue weighted by atomic mass is 9.72. The van der Waals surface area contributed by atoms with Crippen LogP contribution in [0.5, 0.6) is 0 Å². The molecule has 1 aliphatic rings. The van der Waals surface area contributed by atoms with Gasteiger partial charge in [-0.15, -0.1) is 11.3 Å². The third-order valence-electron chi connectivity index (χ3n) is 6.80. The van der Waals surface area contributed by atoms with Crippen molar-refractivity contribution < 1.29 is 0 Å². The Kier molecular flexibility index (Phi) is 7.16. The van der Waals surface area contributed by atoms with Gasteiger partial charge in [0.2, 0.25) is 0 Å². The van der Waals surface area contributed by atoms with E-state index in [1.807, 2.05) is 4.57 Å². The van der Waals surface area contributed by atoms with Gasteiger partial charge in [-0.3, -0.25) is 9.36 Å². The molecule has 0 N–H and O–H groups in total. The fourth-order valence-electron chi connectivity index (χ4n) is 4.66. The van der Waals surface area contributed by atoms with Crippen LogP contribution in [0.25, 0.3) is 15.9 Å². The molecule has 1 atom stereocenters. The van der Waals surface area contributed by atoms with Gasteiger partial charge in [-0.2, -0.15) is 0 Å². The quantitative estimate of drug-likeness (QED) is 0.204. The molecule has 5 heteroatoms. The molecule has 0 saturated heterocycles. The van der Waals surface area contributed by atoms with Gasteiger partial charge >= 0.3 is 0 Å². The molecule has 0 bridgehead atoms. The van der Waals surface area contributed by atoms with Crippen LogP contribution in [-0.4, -0.2) is 15.3 Å². The maximum Gasteiger partial charge on any atom is 0.267 e. The first-order chi connectivity index (χ1) is 15.3. The average Bonchev–Trinajstić information content (AvgIpc) is 3.12. The third kappa shape index (κ3) is 4.84. The lowest BCUT2D eigenvalue weighted by Crippen LogP contribution is -2.27. The summed E-state index contributed by atoms with van der Waals surface area (Å²) in [6, 6.07) is 8.27. The first-order valence-corrected chi connectivity index (χ1v) is 13.9. The lowest BCUT2D eigenvalue weighted by Gasteiger charge is -2.33. The fraction of sp³-hybridized carbons (Fsp3) is 0.556. The van der Waals surface area contributed by atoms with Crippen LogP contribution in [0.4, 0.5) is 0 Å². The van der Waals surface area contributed by atoms with Crippen LogP contribution in [0.15, 0.2) is 34.2 Å². The molecule has 0 spiro atoms. The number of thiophene rings is 1. The second-order valence-electron chi connectivity index (χ2n) is 10.3. The van der Waals surface area contributed by atoms with E-state index in [1.54, 1.807) is 23.1 Å². The number of fused-ring (bicyclic) bond motifs is 3. The maximum absolute atomic E-state index is 13.9. The number of nitrogens with zero attached hydrogens (tertiary/aromatic N) is 2. The normalized spacial score (nSPS) is 16.5. The molecule has 3 nitrogen and oxygen atoms in total. The molecule has 0 fully saturated rings. The molecule has 0 amide bonds. The fourth-order valence-corrected chi connectivity index (χ4v) is 7.01. The smallest absolute Gasteiger partial charge is 0.267 e. The van der Waals surface area contributed by atoms with Gasteiger partial charge in [0.05, 0.1) is 11.1 Å². The summed E-state index contributed by atoms with van der Waals surface area (Å²) in [5.41, 5.74) is 3.80. The number of rotatable bonds is 7. The van der Waals surface area contributed by atoms with Gasteiger partial charge in [0.15, 0.2) is 5.16 Å². The monoisotopic (exact) mass is 468 g/mol. The summed E-state index contributed by atoms with van der Waals surface area (Å²) < 4.78 is 1.87. The van der Waals surface area contributed by atoms with E-state index >= 15 is 0 Å². The van der Waals surface area contributed by atoms with Gasteiger partial charge in [0.25, 0.3) is 5.56 Å². The topological polar surface area (TPSA) is 34.9 Å². The van der Waals surface area contributed by atoms with Crippen molar-refractivity contribution in [2.24, 2.45) is 11.3 Å². The Morgan fingerprint density at radius 3 is 2.59 bits per heavy atom. The zero-order valence-corrected chi connectivity index (χ0v) is 21.8. The molecule has 32 heavy (non-hydrogen) atoms. The standard InChI is InChI=1S/C27H36N2OS2/c1-6-7-8-9-16-31-26-28-24-23(25(30)29(26)20-13-10-18(2)11-14-20)21-15-12-19(27(3,4)5)17-22(21)32-24/h10-11,13-14,19H,6-9,12,15-17H2,1-5H3/t19-/m0/s1. The zero-order chi connectivity index (χ0) is 22.9. The van der Waals surface area contributed by atoms with E-state index in [0.717, 1.165) is 52.5 Å². The molecule has 1 aromatic carbocycles. The van der Waals surface area contributed by atoms with Crippen molar-refractivity contribution in [2.45, 2.75) is 84.7 Å². The van der Waals surface area contributed by atoms with E-state index in [-0.39, 0.29) is 5.56 Å². The molecule has 172 valence electrons. The lowest BCUT2D eigenvalue weighted by molar-refractivity contribution is 0.218. The highest BCUT2D eigenvalue weighted by Gasteiger charge is 2.32. The minimum Gasteiger partial charge on any atom is -0.268 e. The Labute approximate surface area is 200 Å². The van der Waals surface area contributed by atoms with Crippen LogP contribution in [-0.2, 0) is 12.8 Å². The van der Waals surface area contributed by atoms with Gasteiger partial charge in [-0.25, -0.2) is 4.98 Å². The summed E-state index contributed by atoms with van der Waals surface area (Å²) in [6.07, 6.45) is 8.12. The molecule has 0 unspecified atom stereocenters. The third-order valence-corrected chi connectivity index (χ3v) is 8.97.